The van der Waals surface area contributed by atoms with Gasteiger partial charge < -0.3 is 15.0 Å². The molecule has 1 aliphatic rings. The Labute approximate surface area is 130 Å². The second-order valence-electron chi connectivity index (χ2n) is 5.03. The van der Waals surface area contributed by atoms with E-state index in [0.29, 0.717) is 15.9 Å². The van der Waals surface area contributed by atoms with Crippen LogP contribution in [-0.2, 0) is 4.74 Å². The number of rotatable bonds is 4. The second-order valence-corrected chi connectivity index (χ2v) is 5.85. The summed E-state index contributed by atoms with van der Waals surface area (Å²) in [6.45, 7) is 7.48. The Hall–Kier alpha value is -0.710. The van der Waals surface area contributed by atoms with Crippen molar-refractivity contribution >= 4 is 34.8 Å². The van der Waals surface area contributed by atoms with Gasteiger partial charge in [0.15, 0.2) is 0 Å². The minimum atomic E-state index is 0.179. The van der Waals surface area contributed by atoms with Gasteiger partial charge in [-0.3, -0.25) is 0 Å². The lowest BCUT2D eigenvalue weighted by Crippen LogP contribution is -2.31. The molecule has 1 aliphatic heterocycles. The number of nitrogens with one attached hydrogen (secondary N) is 1. The summed E-state index contributed by atoms with van der Waals surface area (Å²) in [5, 5.41) is 4.39. The van der Waals surface area contributed by atoms with Crippen molar-refractivity contribution in [3.63, 3.8) is 0 Å². The molecule has 1 saturated heterocycles. The van der Waals surface area contributed by atoms with Crippen molar-refractivity contribution in [1.29, 1.82) is 0 Å². The quantitative estimate of drug-likeness (QED) is 0.915. The molecule has 0 bridgehead atoms. The fourth-order valence-electron chi connectivity index (χ4n) is 2.23. The van der Waals surface area contributed by atoms with E-state index in [2.05, 4.69) is 29.0 Å². The largest absolute Gasteiger partial charge is 0.377 e. The zero-order valence-corrected chi connectivity index (χ0v) is 13.5. The van der Waals surface area contributed by atoms with E-state index in [-0.39, 0.29) is 6.10 Å². The van der Waals surface area contributed by atoms with Crippen LogP contribution in [0.5, 0.6) is 0 Å². The van der Waals surface area contributed by atoms with E-state index in [1.54, 1.807) is 6.07 Å². The summed E-state index contributed by atoms with van der Waals surface area (Å²) in [4.78, 5) is 6.78. The van der Waals surface area contributed by atoms with E-state index in [1.807, 2.05) is 0 Å². The highest BCUT2D eigenvalue weighted by atomic mass is 35.5. The first kappa shape index (κ1) is 15.7. The molecule has 20 heavy (non-hydrogen) atoms. The molecule has 1 atom stereocenters. The number of ether oxygens (including phenoxy) is 1. The molecule has 6 heteroatoms. The van der Waals surface area contributed by atoms with E-state index in [9.17, 15) is 0 Å². The van der Waals surface area contributed by atoms with Gasteiger partial charge in [0.05, 0.1) is 16.1 Å². The highest BCUT2D eigenvalue weighted by Crippen LogP contribution is 2.32. The molecule has 1 fully saturated rings. The standard InChI is InChI=1S/C14H21Cl2N3O/c1-3-5-17-13-11(15)8-12(16)14(18-13)19-6-4-7-20-10(2)9-19/h8,10H,3-7,9H2,1-2H3,(H,17,18). The molecule has 0 radical (unpaired) electrons. The summed E-state index contributed by atoms with van der Waals surface area (Å²) >= 11 is 12.5. The maximum absolute atomic E-state index is 6.31. The minimum Gasteiger partial charge on any atom is -0.377 e. The van der Waals surface area contributed by atoms with Crippen LogP contribution in [0, 0.1) is 0 Å². The van der Waals surface area contributed by atoms with Crippen molar-refractivity contribution in [3.8, 4) is 0 Å². The Morgan fingerprint density at radius 1 is 1.45 bits per heavy atom. The topological polar surface area (TPSA) is 37.4 Å². The third-order valence-electron chi connectivity index (χ3n) is 3.21. The smallest absolute Gasteiger partial charge is 0.150 e. The molecule has 0 spiro atoms. The lowest BCUT2D eigenvalue weighted by Gasteiger charge is -2.25. The van der Waals surface area contributed by atoms with Crippen molar-refractivity contribution in [1.82, 2.24) is 4.98 Å². The molecule has 0 aromatic carbocycles. The normalized spacial score (nSPS) is 19.8. The molecule has 4 nitrogen and oxygen atoms in total. The number of aromatic nitrogens is 1. The first-order valence-electron chi connectivity index (χ1n) is 7.08. The Kier molecular flexibility index (Phi) is 5.75. The molecule has 0 aliphatic carbocycles. The van der Waals surface area contributed by atoms with Gasteiger partial charge in [0.25, 0.3) is 0 Å². The number of anilines is 2. The molecule has 0 saturated carbocycles. The molecule has 0 amide bonds. The summed E-state index contributed by atoms with van der Waals surface area (Å²) in [5.41, 5.74) is 0. The monoisotopic (exact) mass is 317 g/mol. The molecule has 1 N–H and O–H groups in total. The summed E-state index contributed by atoms with van der Waals surface area (Å²) in [6.07, 6.45) is 2.17. The number of hydrogen-bond acceptors (Lipinski definition) is 4. The highest BCUT2D eigenvalue weighted by Gasteiger charge is 2.20. The van der Waals surface area contributed by atoms with Crippen LogP contribution in [0.1, 0.15) is 26.7 Å². The predicted molar refractivity (Wildman–Crippen MR) is 85.3 cm³/mol. The molecule has 112 valence electrons. The van der Waals surface area contributed by atoms with Crippen LogP contribution < -0.4 is 10.2 Å². The van der Waals surface area contributed by atoms with Crippen molar-refractivity contribution in [2.75, 3.05) is 36.5 Å². The summed E-state index contributed by atoms with van der Waals surface area (Å²) in [7, 11) is 0. The average molecular weight is 318 g/mol. The van der Waals surface area contributed by atoms with Gasteiger partial charge in [0, 0.05) is 26.2 Å². The minimum absolute atomic E-state index is 0.179. The zero-order chi connectivity index (χ0) is 14.5. The van der Waals surface area contributed by atoms with Gasteiger partial charge in [-0.05, 0) is 25.8 Å². The second kappa shape index (κ2) is 7.34. The molecule has 2 rings (SSSR count). The van der Waals surface area contributed by atoms with Gasteiger partial charge >= 0.3 is 0 Å². The van der Waals surface area contributed by atoms with E-state index in [0.717, 1.165) is 44.9 Å². The van der Waals surface area contributed by atoms with Gasteiger partial charge in [-0.1, -0.05) is 30.1 Å². The maximum Gasteiger partial charge on any atom is 0.150 e. The van der Waals surface area contributed by atoms with Crippen LogP contribution in [-0.4, -0.2) is 37.3 Å². The van der Waals surface area contributed by atoms with E-state index >= 15 is 0 Å². The summed E-state index contributed by atoms with van der Waals surface area (Å²) < 4.78 is 5.66. The van der Waals surface area contributed by atoms with Crippen molar-refractivity contribution < 1.29 is 4.74 Å². The molecule has 1 unspecified atom stereocenters. The number of halogens is 2. The zero-order valence-electron chi connectivity index (χ0n) is 12.0. The maximum atomic E-state index is 6.31. The van der Waals surface area contributed by atoms with E-state index < -0.39 is 0 Å². The van der Waals surface area contributed by atoms with Crippen LogP contribution >= 0.6 is 23.2 Å². The van der Waals surface area contributed by atoms with Crippen LogP contribution in [0.2, 0.25) is 10.0 Å². The average Bonchev–Trinajstić information content (AvgIpc) is 2.62. The van der Waals surface area contributed by atoms with Gasteiger partial charge in [-0.25, -0.2) is 4.98 Å². The Balaban J connectivity index is 2.24. The van der Waals surface area contributed by atoms with Crippen LogP contribution in [0.25, 0.3) is 0 Å². The third kappa shape index (κ3) is 3.90. The van der Waals surface area contributed by atoms with Gasteiger partial charge in [-0.2, -0.15) is 0 Å². The van der Waals surface area contributed by atoms with Crippen molar-refractivity contribution in [2.45, 2.75) is 32.8 Å². The van der Waals surface area contributed by atoms with Gasteiger partial charge in [-0.15, -0.1) is 0 Å². The molecule has 2 heterocycles. The first-order chi connectivity index (χ1) is 9.61. The third-order valence-corrected chi connectivity index (χ3v) is 3.77. The number of nitrogens with zero attached hydrogens (tertiary/aromatic N) is 2. The molecular formula is C14H21Cl2N3O. The summed E-state index contributed by atoms with van der Waals surface area (Å²) in [6, 6.07) is 1.76. The number of pyridine rings is 1. The van der Waals surface area contributed by atoms with Crippen molar-refractivity contribution in [2.24, 2.45) is 0 Å². The Morgan fingerprint density at radius 3 is 3.00 bits per heavy atom. The lowest BCUT2D eigenvalue weighted by atomic mass is 10.3. The van der Waals surface area contributed by atoms with E-state index in [1.165, 1.54) is 0 Å². The van der Waals surface area contributed by atoms with Gasteiger partial charge in [0.1, 0.15) is 11.6 Å². The number of hydrogen-bond donors (Lipinski definition) is 1. The van der Waals surface area contributed by atoms with Crippen molar-refractivity contribution in [3.05, 3.63) is 16.1 Å². The first-order valence-corrected chi connectivity index (χ1v) is 7.84. The Morgan fingerprint density at radius 2 is 2.25 bits per heavy atom. The van der Waals surface area contributed by atoms with E-state index in [4.69, 9.17) is 27.9 Å². The van der Waals surface area contributed by atoms with Crippen LogP contribution in [0.3, 0.4) is 0 Å². The molecule has 1 aromatic heterocycles. The molecular weight excluding hydrogens is 297 g/mol. The summed E-state index contributed by atoms with van der Waals surface area (Å²) in [5.74, 6) is 1.48. The fraction of sp³-hybridized carbons (Fsp3) is 0.643. The molecule has 1 aromatic rings. The fourth-order valence-corrected chi connectivity index (χ4v) is 2.78. The van der Waals surface area contributed by atoms with Crippen LogP contribution in [0.4, 0.5) is 11.6 Å². The Bertz CT molecular complexity index is 456. The lowest BCUT2D eigenvalue weighted by molar-refractivity contribution is 0.0820. The predicted octanol–water partition coefficient (Wildman–Crippen LogP) is 3.83. The highest BCUT2D eigenvalue weighted by molar-refractivity contribution is 6.37. The van der Waals surface area contributed by atoms with Crippen LogP contribution in [0.15, 0.2) is 6.07 Å². The van der Waals surface area contributed by atoms with Gasteiger partial charge in [0.2, 0.25) is 0 Å². The SMILES string of the molecule is CCCNc1nc(N2CCCOC(C)C2)c(Cl)cc1Cl.